The molecule has 0 aromatic heterocycles. The second-order valence-corrected chi connectivity index (χ2v) is 7.51. The van der Waals surface area contributed by atoms with Gasteiger partial charge in [-0.15, -0.1) is 12.4 Å². The molecule has 1 amide bonds. The zero-order valence-corrected chi connectivity index (χ0v) is 15.7. The van der Waals surface area contributed by atoms with Gasteiger partial charge in [-0.2, -0.15) is 4.31 Å². The predicted octanol–water partition coefficient (Wildman–Crippen LogP) is 0.355. The molecule has 9 heteroatoms. The summed E-state index contributed by atoms with van der Waals surface area (Å²) in [4.78, 5) is 12.3. The highest BCUT2D eigenvalue weighted by atomic mass is 35.5. The van der Waals surface area contributed by atoms with E-state index in [1.54, 1.807) is 7.11 Å². The van der Waals surface area contributed by atoms with Crippen LogP contribution >= 0.6 is 12.4 Å². The van der Waals surface area contributed by atoms with Gasteiger partial charge < -0.3 is 15.4 Å². The third kappa shape index (κ3) is 7.80. The number of rotatable bonds is 10. The summed E-state index contributed by atoms with van der Waals surface area (Å²) in [6.45, 7) is 4.77. The van der Waals surface area contributed by atoms with Crippen LogP contribution in [0.4, 0.5) is 0 Å². The fourth-order valence-electron chi connectivity index (χ4n) is 2.57. The number of amides is 1. The molecule has 0 radical (unpaired) electrons. The molecule has 1 saturated heterocycles. The molecule has 0 bridgehead atoms. The van der Waals surface area contributed by atoms with Crippen LogP contribution in [0.15, 0.2) is 0 Å². The van der Waals surface area contributed by atoms with Crippen LogP contribution in [-0.2, 0) is 19.6 Å². The zero-order chi connectivity index (χ0) is 16.4. The number of halogens is 1. The van der Waals surface area contributed by atoms with E-state index in [1.165, 1.54) is 4.31 Å². The maximum absolute atomic E-state index is 12.3. The summed E-state index contributed by atoms with van der Waals surface area (Å²) in [5.41, 5.74) is 0. The van der Waals surface area contributed by atoms with Gasteiger partial charge in [-0.25, -0.2) is 8.42 Å². The maximum Gasteiger partial charge on any atom is 0.238 e. The van der Waals surface area contributed by atoms with Crippen molar-refractivity contribution < 1.29 is 17.9 Å². The van der Waals surface area contributed by atoms with Crippen LogP contribution in [0.25, 0.3) is 0 Å². The minimum atomic E-state index is -3.33. The molecule has 1 fully saturated rings. The van der Waals surface area contributed by atoms with Gasteiger partial charge in [-0.1, -0.05) is 13.3 Å². The minimum absolute atomic E-state index is 0. The molecule has 23 heavy (non-hydrogen) atoms. The van der Waals surface area contributed by atoms with Crippen molar-refractivity contribution in [1.29, 1.82) is 0 Å². The van der Waals surface area contributed by atoms with Crippen molar-refractivity contribution in [3.05, 3.63) is 0 Å². The van der Waals surface area contributed by atoms with Crippen molar-refractivity contribution >= 4 is 28.3 Å². The van der Waals surface area contributed by atoms with Gasteiger partial charge in [-0.3, -0.25) is 4.79 Å². The Labute approximate surface area is 146 Å². The van der Waals surface area contributed by atoms with Crippen LogP contribution < -0.4 is 10.6 Å². The topological polar surface area (TPSA) is 87.7 Å². The second kappa shape index (κ2) is 12.0. The second-order valence-electron chi connectivity index (χ2n) is 5.47. The standard InChI is InChI=1S/C14H29N3O4S.ClH/c1-3-12-22(19,20)17-10-5-4-6-13(17)14(18)16-8-7-15-9-11-21-2;/h13,15H,3-12H2,1-2H3,(H,16,18);1H. The Morgan fingerprint density at radius 3 is 2.65 bits per heavy atom. The van der Waals surface area contributed by atoms with Crippen LogP contribution in [0, 0.1) is 0 Å². The van der Waals surface area contributed by atoms with Crippen molar-refractivity contribution in [1.82, 2.24) is 14.9 Å². The molecule has 0 aliphatic carbocycles. The quantitative estimate of drug-likeness (QED) is 0.541. The van der Waals surface area contributed by atoms with E-state index < -0.39 is 16.1 Å². The van der Waals surface area contributed by atoms with Gasteiger partial charge in [0.2, 0.25) is 15.9 Å². The van der Waals surface area contributed by atoms with E-state index >= 15 is 0 Å². The summed E-state index contributed by atoms with van der Waals surface area (Å²) in [6.07, 6.45) is 2.89. The first-order valence-corrected chi connectivity index (χ1v) is 9.60. The molecule has 1 aliphatic heterocycles. The molecular formula is C14H30ClN3O4S. The molecule has 1 heterocycles. The van der Waals surface area contributed by atoms with E-state index in [2.05, 4.69) is 10.6 Å². The molecule has 0 saturated carbocycles. The van der Waals surface area contributed by atoms with Gasteiger partial charge in [0.25, 0.3) is 0 Å². The fraction of sp³-hybridized carbons (Fsp3) is 0.929. The molecule has 138 valence electrons. The molecule has 0 aromatic rings. The number of hydrogen-bond acceptors (Lipinski definition) is 5. The largest absolute Gasteiger partial charge is 0.383 e. The first kappa shape index (κ1) is 22.6. The molecule has 1 rings (SSSR count). The van der Waals surface area contributed by atoms with Gasteiger partial charge >= 0.3 is 0 Å². The number of carbonyl (C=O) groups is 1. The number of hydrogen-bond donors (Lipinski definition) is 2. The molecule has 0 aromatic carbocycles. The summed E-state index contributed by atoms with van der Waals surface area (Å²) in [7, 11) is -1.69. The Morgan fingerprint density at radius 2 is 2.00 bits per heavy atom. The van der Waals surface area contributed by atoms with Gasteiger partial charge in [0.1, 0.15) is 6.04 Å². The van der Waals surface area contributed by atoms with Crippen molar-refractivity contribution in [3.63, 3.8) is 0 Å². The van der Waals surface area contributed by atoms with Crippen LogP contribution in [-0.4, -0.2) is 70.3 Å². The van der Waals surface area contributed by atoms with Gasteiger partial charge in [0, 0.05) is 33.3 Å². The van der Waals surface area contributed by atoms with E-state index in [0.29, 0.717) is 39.1 Å². The first-order valence-electron chi connectivity index (χ1n) is 7.99. The Kier molecular flexibility index (Phi) is 11.8. The van der Waals surface area contributed by atoms with Crippen LogP contribution in [0.1, 0.15) is 32.6 Å². The van der Waals surface area contributed by atoms with Crippen molar-refractivity contribution in [2.45, 2.75) is 38.6 Å². The number of methoxy groups -OCH3 is 1. The monoisotopic (exact) mass is 371 g/mol. The molecule has 1 unspecified atom stereocenters. The van der Waals surface area contributed by atoms with E-state index in [9.17, 15) is 13.2 Å². The fourth-order valence-corrected chi connectivity index (χ4v) is 4.31. The Hall–Kier alpha value is -0.410. The average Bonchev–Trinajstić information content (AvgIpc) is 2.50. The van der Waals surface area contributed by atoms with Crippen molar-refractivity contribution in [2.24, 2.45) is 0 Å². The van der Waals surface area contributed by atoms with Gasteiger partial charge in [-0.05, 0) is 19.3 Å². The smallest absolute Gasteiger partial charge is 0.238 e. The molecule has 1 atom stereocenters. The first-order chi connectivity index (χ1) is 10.5. The summed E-state index contributed by atoms with van der Waals surface area (Å²) in [5.74, 6) is -0.0806. The van der Waals surface area contributed by atoms with Crippen LogP contribution in [0.5, 0.6) is 0 Å². The average molecular weight is 372 g/mol. The number of carbonyl (C=O) groups excluding carboxylic acids is 1. The Balaban J connectivity index is 0.00000484. The minimum Gasteiger partial charge on any atom is -0.383 e. The van der Waals surface area contributed by atoms with Gasteiger partial charge in [0.15, 0.2) is 0 Å². The number of nitrogens with one attached hydrogen (secondary N) is 2. The highest BCUT2D eigenvalue weighted by Crippen LogP contribution is 2.21. The molecule has 0 spiro atoms. The number of ether oxygens (including phenoxy) is 1. The zero-order valence-electron chi connectivity index (χ0n) is 14.0. The lowest BCUT2D eigenvalue weighted by molar-refractivity contribution is -0.125. The highest BCUT2D eigenvalue weighted by Gasteiger charge is 2.35. The summed E-state index contributed by atoms with van der Waals surface area (Å²) in [5, 5.41) is 5.96. The Bertz CT molecular complexity index is 434. The Morgan fingerprint density at radius 1 is 1.26 bits per heavy atom. The van der Waals surface area contributed by atoms with Crippen molar-refractivity contribution in [3.8, 4) is 0 Å². The lowest BCUT2D eigenvalue weighted by Crippen LogP contribution is -2.53. The number of nitrogens with zero attached hydrogens (tertiary/aromatic N) is 1. The molecule has 2 N–H and O–H groups in total. The molecule has 7 nitrogen and oxygen atoms in total. The SMILES string of the molecule is CCCS(=O)(=O)N1CCCCC1C(=O)NCCNCCOC.Cl. The summed E-state index contributed by atoms with van der Waals surface area (Å²) in [6, 6.07) is -0.552. The van der Waals surface area contributed by atoms with Gasteiger partial charge in [0.05, 0.1) is 12.4 Å². The lowest BCUT2D eigenvalue weighted by Gasteiger charge is -2.33. The summed E-state index contributed by atoms with van der Waals surface area (Å²) < 4.78 is 30.8. The molecular weight excluding hydrogens is 342 g/mol. The summed E-state index contributed by atoms with van der Waals surface area (Å²) >= 11 is 0. The predicted molar refractivity (Wildman–Crippen MR) is 93.4 cm³/mol. The van der Waals surface area contributed by atoms with E-state index in [1.807, 2.05) is 6.92 Å². The highest BCUT2D eigenvalue weighted by molar-refractivity contribution is 7.89. The van der Waals surface area contributed by atoms with Crippen LogP contribution in [0.3, 0.4) is 0 Å². The van der Waals surface area contributed by atoms with E-state index in [-0.39, 0.29) is 24.1 Å². The third-order valence-electron chi connectivity index (χ3n) is 3.66. The number of piperidine rings is 1. The maximum atomic E-state index is 12.3. The van der Waals surface area contributed by atoms with E-state index in [0.717, 1.165) is 19.4 Å². The third-order valence-corrected chi connectivity index (χ3v) is 5.74. The van der Waals surface area contributed by atoms with E-state index in [4.69, 9.17) is 4.74 Å². The number of sulfonamides is 1. The normalized spacial score (nSPS) is 19.1. The van der Waals surface area contributed by atoms with Crippen molar-refractivity contribution in [2.75, 3.05) is 45.6 Å². The van der Waals surface area contributed by atoms with Crippen LogP contribution in [0.2, 0.25) is 0 Å². The molecule has 1 aliphatic rings. The lowest BCUT2D eigenvalue weighted by atomic mass is 10.0.